The highest BCUT2D eigenvalue weighted by Crippen LogP contribution is 2.74. The van der Waals surface area contributed by atoms with Crippen LogP contribution in [0.4, 0.5) is 0 Å². The quantitative estimate of drug-likeness (QED) is 0.501. The number of rotatable bonds is 0. The van der Waals surface area contributed by atoms with Crippen molar-refractivity contribution in [1.82, 2.24) is 0 Å². The predicted octanol–water partition coefficient (Wildman–Crippen LogP) is 2.50. The molecule has 5 rings (SSSR count). The van der Waals surface area contributed by atoms with Crippen LogP contribution < -0.4 is 0 Å². The van der Waals surface area contributed by atoms with Crippen molar-refractivity contribution in [3.8, 4) is 0 Å². The molecule has 4 aliphatic carbocycles. The number of hydrogen-bond donors (Lipinski definition) is 0. The summed E-state index contributed by atoms with van der Waals surface area (Å²) >= 11 is 0. The summed E-state index contributed by atoms with van der Waals surface area (Å²) in [5.41, 5.74) is 0.905. The van der Waals surface area contributed by atoms with Crippen LogP contribution in [0.2, 0.25) is 0 Å². The largest absolute Gasteiger partial charge is 0.362 e. The predicted molar refractivity (Wildman–Crippen MR) is 45.8 cm³/mol. The number of ether oxygens (including phenoxy) is 1. The Kier molecular flexibility index (Phi) is 0.863. The van der Waals surface area contributed by atoms with Gasteiger partial charge in [0.1, 0.15) is 11.2 Å². The minimum Gasteiger partial charge on any atom is -0.362 e. The number of hydrogen-bond acceptors (Lipinski definition) is 1. The van der Waals surface area contributed by atoms with E-state index in [4.69, 9.17) is 4.74 Å². The van der Waals surface area contributed by atoms with Gasteiger partial charge < -0.3 is 4.74 Å². The molecule has 1 saturated heterocycles. The van der Waals surface area contributed by atoms with Crippen molar-refractivity contribution in [3.63, 3.8) is 0 Å². The van der Waals surface area contributed by atoms with Gasteiger partial charge in [0.15, 0.2) is 0 Å². The molecule has 2 unspecified atom stereocenters. The second-order valence-electron chi connectivity index (χ2n) is 5.28. The molecule has 2 bridgehead atoms. The summed E-state index contributed by atoms with van der Waals surface area (Å²) in [6.45, 7) is 0. The van der Waals surface area contributed by atoms with Crippen LogP contribution in [0, 0.1) is 11.8 Å². The first kappa shape index (κ1) is 6.42. The molecule has 0 radical (unpaired) electrons. The van der Waals surface area contributed by atoms with E-state index in [1.165, 1.54) is 44.9 Å². The molecule has 0 N–H and O–H groups in total. The molecule has 1 heteroatoms. The Morgan fingerprint density at radius 1 is 0.833 bits per heavy atom. The first-order valence-electron chi connectivity index (χ1n) is 5.58. The molecule has 1 aliphatic heterocycles. The molecule has 0 aromatic heterocycles. The van der Waals surface area contributed by atoms with Crippen molar-refractivity contribution < 1.29 is 4.74 Å². The van der Waals surface area contributed by atoms with E-state index in [1.807, 2.05) is 0 Å². The molecule has 4 saturated carbocycles. The summed E-state index contributed by atoms with van der Waals surface area (Å²) in [5, 5.41) is 0. The van der Waals surface area contributed by atoms with Crippen molar-refractivity contribution in [2.24, 2.45) is 11.8 Å². The molecule has 0 amide bonds. The monoisotopic (exact) mass is 164 g/mol. The highest BCUT2D eigenvalue weighted by atomic mass is 16.6. The summed E-state index contributed by atoms with van der Waals surface area (Å²) in [7, 11) is 0. The van der Waals surface area contributed by atoms with E-state index in [2.05, 4.69) is 0 Å². The maximum Gasteiger partial charge on any atom is 0.101 e. The van der Waals surface area contributed by atoms with Crippen LogP contribution in [-0.2, 0) is 4.74 Å². The third kappa shape index (κ3) is 0.433. The maximum absolute atomic E-state index is 6.18. The van der Waals surface area contributed by atoms with Gasteiger partial charge in [0.25, 0.3) is 0 Å². The van der Waals surface area contributed by atoms with E-state index >= 15 is 0 Å². The summed E-state index contributed by atoms with van der Waals surface area (Å²) < 4.78 is 6.18. The average Bonchev–Trinajstić information content (AvgIpc) is 2.69. The average molecular weight is 164 g/mol. The zero-order chi connectivity index (χ0) is 7.81. The van der Waals surface area contributed by atoms with Gasteiger partial charge in [0, 0.05) is 0 Å². The van der Waals surface area contributed by atoms with Crippen LogP contribution in [0.5, 0.6) is 0 Å². The van der Waals surface area contributed by atoms with Crippen molar-refractivity contribution >= 4 is 0 Å². The minimum absolute atomic E-state index is 0.453. The molecule has 66 valence electrons. The minimum atomic E-state index is 0.453. The Morgan fingerprint density at radius 3 is 1.83 bits per heavy atom. The van der Waals surface area contributed by atoms with Crippen molar-refractivity contribution in [1.29, 1.82) is 0 Å². The van der Waals surface area contributed by atoms with E-state index < -0.39 is 0 Å². The fourth-order valence-corrected chi connectivity index (χ4v) is 4.73. The zero-order valence-corrected chi connectivity index (χ0v) is 7.51. The van der Waals surface area contributed by atoms with Gasteiger partial charge in [-0.05, 0) is 56.8 Å². The lowest BCUT2D eigenvalue weighted by Gasteiger charge is -2.40. The van der Waals surface area contributed by atoms with E-state index in [0.29, 0.717) is 11.2 Å². The molecule has 5 fully saturated rings. The second kappa shape index (κ2) is 1.61. The van der Waals surface area contributed by atoms with Crippen molar-refractivity contribution in [3.05, 3.63) is 0 Å². The fourth-order valence-electron chi connectivity index (χ4n) is 4.73. The Labute approximate surface area is 73.5 Å². The van der Waals surface area contributed by atoms with Gasteiger partial charge in [-0.3, -0.25) is 0 Å². The van der Waals surface area contributed by atoms with Crippen LogP contribution in [0.15, 0.2) is 0 Å². The molecule has 0 spiro atoms. The number of epoxide rings is 1. The Hall–Kier alpha value is -0.0400. The topological polar surface area (TPSA) is 12.5 Å². The van der Waals surface area contributed by atoms with E-state index in [-0.39, 0.29) is 0 Å². The highest BCUT2D eigenvalue weighted by Gasteiger charge is 2.80. The summed E-state index contributed by atoms with van der Waals surface area (Å²) in [6.07, 6.45) is 10.2. The summed E-state index contributed by atoms with van der Waals surface area (Å²) in [5.74, 6) is 1.93. The van der Waals surface area contributed by atoms with Crippen molar-refractivity contribution in [2.75, 3.05) is 0 Å². The van der Waals surface area contributed by atoms with E-state index in [9.17, 15) is 0 Å². The maximum atomic E-state index is 6.18. The van der Waals surface area contributed by atoms with Gasteiger partial charge in [0.05, 0.1) is 0 Å². The van der Waals surface area contributed by atoms with Crippen LogP contribution in [0.25, 0.3) is 0 Å². The SMILES string of the molecule is C1CC23OC2(C1)C1CCC3CC1. The second-order valence-corrected chi connectivity index (χ2v) is 5.28. The van der Waals surface area contributed by atoms with Gasteiger partial charge in [-0.15, -0.1) is 0 Å². The van der Waals surface area contributed by atoms with Gasteiger partial charge in [-0.2, -0.15) is 0 Å². The van der Waals surface area contributed by atoms with Gasteiger partial charge in [-0.1, -0.05) is 0 Å². The van der Waals surface area contributed by atoms with Gasteiger partial charge in [0.2, 0.25) is 0 Å². The molecular formula is C11H16O. The molecule has 1 nitrogen and oxygen atoms in total. The molecule has 0 aromatic carbocycles. The van der Waals surface area contributed by atoms with Crippen LogP contribution >= 0.6 is 0 Å². The molecule has 1 heterocycles. The summed E-state index contributed by atoms with van der Waals surface area (Å²) in [4.78, 5) is 0. The van der Waals surface area contributed by atoms with Crippen LogP contribution in [0.1, 0.15) is 44.9 Å². The van der Waals surface area contributed by atoms with Gasteiger partial charge >= 0.3 is 0 Å². The molecular weight excluding hydrogens is 148 g/mol. The Morgan fingerprint density at radius 2 is 1.33 bits per heavy atom. The van der Waals surface area contributed by atoms with Crippen LogP contribution in [0.3, 0.4) is 0 Å². The van der Waals surface area contributed by atoms with Gasteiger partial charge in [-0.25, -0.2) is 0 Å². The third-order valence-electron chi connectivity index (χ3n) is 5.18. The van der Waals surface area contributed by atoms with E-state index in [0.717, 1.165) is 11.8 Å². The number of fused-ring (bicyclic) bond motifs is 2. The lowest BCUT2D eigenvalue weighted by atomic mass is 9.60. The first-order valence-corrected chi connectivity index (χ1v) is 5.58. The lowest BCUT2D eigenvalue weighted by molar-refractivity contribution is 0.131. The third-order valence-corrected chi connectivity index (χ3v) is 5.18. The molecule has 12 heavy (non-hydrogen) atoms. The first-order chi connectivity index (χ1) is 5.87. The smallest absolute Gasteiger partial charge is 0.101 e. The fraction of sp³-hybridized carbons (Fsp3) is 1.00. The molecule has 0 aromatic rings. The van der Waals surface area contributed by atoms with Crippen LogP contribution in [-0.4, -0.2) is 11.2 Å². The standard InChI is InChI=1S/C11H16O/c1-6-10-8-2-3-9(5-4-8)11(10,7-1)12-10/h8-9H,1-7H2. The summed E-state index contributed by atoms with van der Waals surface area (Å²) in [6, 6.07) is 0. The lowest BCUT2D eigenvalue weighted by Crippen LogP contribution is -2.44. The zero-order valence-electron chi connectivity index (χ0n) is 7.51. The normalized spacial score (nSPS) is 66.0. The Balaban J connectivity index is 1.87. The molecule has 2 atom stereocenters. The molecule has 5 aliphatic rings. The highest BCUT2D eigenvalue weighted by molar-refractivity contribution is 5.28. The van der Waals surface area contributed by atoms with E-state index in [1.54, 1.807) is 0 Å². The Bertz CT molecular complexity index is 217. The van der Waals surface area contributed by atoms with Crippen molar-refractivity contribution in [2.45, 2.75) is 56.1 Å².